The van der Waals surface area contributed by atoms with Gasteiger partial charge in [0.05, 0.1) is 0 Å². The highest BCUT2D eigenvalue weighted by molar-refractivity contribution is 7.07. The van der Waals surface area contributed by atoms with E-state index in [1.165, 1.54) is 4.57 Å². The van der Waals surface area contributed by atoms with Gasteiger partial charge < -0.3 is 5.32 Å². The van der Waals surface area contributed by atoms with E-state index in [1.807, 2.05) is 31.2 Å². The summed E-state index contributed by atoms with van der Waals surface area (Å²) in [6.07, 6.45) is 0. The fourth-order valence-corrected chi connectivity index (χ4v) is 2.78. The Balaban J connectivity index is 2.15. The van der Waals surface area contributed by atoms with E-state index in [0.717, 1.165) is 28.3 Å². The monoisotopic (exact) mass is 290 g/mol. The Labute approximate surface area is 122 Å². The second-order valence-corrected chi connectivity index (χ2v) is 5.84. The van der Waals surface area contributed by atoms with E-state index in [0.29, 0.717) is 5.92 Å². The molecule has 0 atom stereocenters. The van der Waals surface area contributed by atoms with E-state index >= 15 is 0 Å². The van der Waals surface area contributed by atoms with Crippen LogP contribution in [0.15, 0.2) is 34.4 Å². The lowest BCUT2D eigenvalue weighted by atomic mass is 10.0. The lowest BCUT2D eigenvalue weighted by molar-refractivity contribution is -0.116. The first-order chi connectivity index (χ1) is 9.49. The third kappa shape index (κ3) is 3.17. The van der Waals surface area contributed by atoms with E-state index in [1.54, 1.807) is 5.38 Å². The highest BCUT2D eigenvalue weighted by Gasteiger charge is 2.11. The summed E-state index contributed by atoms with van der Waals surface area (Å²) in [6, 6.07) is 7.74. The van der Waals surface area contributed by atoms with Crippen LogP contribution in [0.1, 0.15) is 31.0 Å². The predicted molar refractivity (Wildman–Crippen MR) is 82.5 cm³/mol. The largest absolute Gasteiger partial charge is 0.324 e. The zero-order chi connectivity index (χ0) is 14.7. The topological polar surface area (TPSA) is 51.1 Å². The van der Waals surface area contributed by atoms with Crippen LogP contribution in [0.5, 0.6) is 0 Å². The molecule has 20 heavy (non-hydrogen) atoms. The highest BCUT2D eigenvalue weighted by atomic mass is 32.1. The number of benzene rings is 1. The lowest BCUT2D eigenvalue weighted by Crippen LogP contribution is -2.25. The Kier molecular flexibility index (Phi) is 4.39. The van der Waals surface area contributed by atoms with Crippen LogP contribution in [0.3, 0.4) is 0 Å². The Hall–Kier alpha value is -1.88. The average molecular weight is 290 g/mol. The van der Waals surface area contributed by atoms with Crippen molar-refractivity contribution in [3.8, 4) is 0 Å². The first kappa shape index (κ1) is 14.5. The molecule has 5 heteroatoms. The summed E-state index contributed by atoms with van der Waals surface area (Å²) in [6.45, 7) is 6.05. The molecule has 1 amide bonds. The SMILES string of the molecule is Cc1csc(=O)n1CC(=O)Nc1ccccc1C(C)C. The molecule has 1 heterocycles. The van der Waals surface area contributed by atoms with Crippen molar-refractivity contribution in [1.29, 1.82) is 0 Å². The van der Waals surface area contributed by atoms with Crippen molar-refractivity contribution in [2.24, 2.45) is 0 Å². The second-order valence-electron chi connectivity index (χ2n) is 5.02. The van der Waals surface area contributed by atoms with E-state index in [2.05, 4.69) is 19.2 Å². The van der Waals surface area contributed by atoms with Gasteiger partial charge in [0.25, 0.3) is 0 Å². The molecule has 1 N–H and O–H groups in total. The number of carbonyl (C=O) groups excluding carboxylic acids is 1. The van der Waals surface area contributed by atoms with Gasteiger partial charge in [-0.05, 0) is 24.5 Å². The molecular weight excluding hydrogens is 272 g/mol. The molecule has 106 valence electrons. The molecule has 0 saturated heterocycles. The molecule has 0 saturated carbocycles. The van der Waals surface area contributed by atoms with Crippen molar-refractivity contribution < 1.29 is 4.79 Å². The van der Waals surface area contributed by atoms with E-state index < -0.39 is 0 Å². The normalized spacial score (nSPS) is 10.8. The molecule has 0 radical (unpaired) electrons. The van der Waals surface area contributed by atoms with Gasteiger partial charge in [0, 0.05) is 16.8 Å². The summed E-state index contributed by atoms with van der Waals surface area (Å²) in [4.78, 5) is 23.6. The zero-order valence-electron chi connectivity index (χ0n) is 11.8. The molecule has 0 bridgehead atoms. The molecule has 1 aromatic carbocycles. The fraction of sp³-hybridized carbons (Fsp3) is 0.333. The minimum Gasteiger partial charge on any atom is -0.324 e. The number of nitrogens with zero attached hydrogens (tertiary/aromatic N) is 1. The lowest BCUT2D eigenvalue weighted by Gasteiger charge is -2.14. The quantitative estimate of drug-likeness (QED) is 0.941. The predicted octanol–water partition coefficient (Wildman–Crippen LogP) is 2.98. The number of aromatic nitrogens is 1. The molecule has 2 aromatic rings. The molecule has 0 aliphatic rings. The maximum absolute atomic E-state index is 12.1. The molecule has 2 rings (SSSR count). The van der Waals surface area contributed by atoms with Crippen LogP contribution in [-0.4, -0.2) is 10.5 Å². The Morgan fingerprint density at radius 3 is 2.65 bits per heavy atom. The first-order valence-corrected chi connectivity index (χ1v) is 7.40. The fourth-order valence-electron chi connectivity index (χ4n) is 2.04. The first-order valence-electron chi connectivity index (χ1n) is 6.52. The third-order valence-corrected chi connectivity index (χ3v) is 4.02. The number of carbonyl (C=O) groups is 1. The van der Waals surface area contributed by atoms with Crippen molar-refractivity contribution in [2.45, 2.75) is 33.2 Å². The van der Waals surface area contributed by atoms with Crippen LogP contribution >= 0.6 is 11.3 Å². The Bertz CT molecular complexity index is 671. The minimum absolute atomic E-state index is 0.0561. The number of anilines is 1. The van der Waals surface area contributed by atoms with Crippen LogP contribution in [0.2, 0.25) is 0 Å². The number of aryl methyl sites for hydroxylation is 1. The molecule has 4 nitrogen and oxygen atoms in total. The van der Waals surface area contributed by atoms with Crippen LogP contribution < -0.4 is 10.2 Å². The van der Waals surface area contributed by atoms with E-state index in [9.17, 15) is 9.59 Å². The number of rotatable bonds is 4. The molecule has 0 aliphatic carbocycles. The van der Waals surface area contributed by atoms with E-state index in [4.69, 9.17) is 0 Å². The summed E-state index contributed by atoms with van der Waals surface area (Å²) in [5.41, 5.74) is 2.72. The van der Waals surface area contributed by atoms with Crippen LogP contribution in [-0.2, 0) is 11.3 Å². The maximum atomic E-state index is 12.1. The molecule has 0 aliphatic heterocycles. The van der Waals surface area contributed by atoms with Gasteiger partial charge >= 0.3 is 4.87 Å². The molecule has 0 fully saturated rings. The Morgan fingerprint density at radius 1 is 1.35 bits per heavy atom. The zero-order valence-corrected chi connectivity index (χ0v) is 12.7. The van der Waals surface area contributed by atoms with Crippen molar-refractivity contribution >= 4 is 22.9 Å². The van der Waals surface area contributed by atoms with Gasteiger partial charge in [-0.3, -0.25) is 14.2 Å². The van der Waals surface area contributed by atoms with Crippen LogP contribution in [0, 0.1) is 6.92 Å². The minimum atomic E-state index is -0.179. The summed E-state index contributed by atoms with van der Waals surface area (Å²) >= 11 is 1.11. The molecule has 1 aromatic heterocycles. The smallest absolute Gasteiger partial charge is 0.307 e. The second kappa shape index (κ2) is 6.05. The van der Waals surface area contributed by atoms with Gasteiger partial charge in [-0.1, -0.05) is 43.4 Å². The van der Waals surface area contributed by atoms with Crippen LogP contribution in [0.25, 0.3) is 0 Å². The average Bonchev–Trinajstić information content (AvgIpc) is 2.71. The van der Waals surface area contributed by atoms with Gasteiger partial charge in [0.1, 0.15) is 6.54 Å². The number of amides is 1. The van der Waals surface area contributed by atoms with Gasteiger partial charge in [-0.15, -0.1) is 0 Å². The van der Waals surface area contributed by atoms with Gasteiger partial charge in [-0.25, -0.2) is 0 Å². The van der Waals surface area contributed by atoms with Crippen molar-refractivity contribution in [1.82, 2.24) is 4.57 Å². The van der Waals surface area contributed by atoms with E-state index in [-0.39, 0.29) is 17.3 Å². The van der Waals surface area contributed by atoms with Gasteiger partial charge in [0.15, 0.2) is 0 Å². The van der Waals surface area contributed by atoms with Gasteiger partial charge in [0.2, 0.25) is 5.91 Å². The summed E-state index contributed by atoms with van der Waals surface area (Å²) < 4.78 is 1.48. The molecular formula is C15H18N2O2S. The number of hydrogen-bond acceptors (Lipinski definition) is 3. The standard InChI is InChI=1S/C15H18N2O2S/c1-10(2)12-6-4-5-7-13(12)16-14(18)8-17-11(3)9-20-15(17)19/h4-7,9-10H,8H2,1-3H3,(H,16,18). The number of nitrogens with one attached hydrogen (secondary N) is 1. The molecule has 0 spiro atoms. The highest BCUT2D eigenvalue weighted by Crippen LogP contribution is 2.23. The summed E-state index contributed by atoms with van der Waals surface area (Å²) in [5.74, 6) is 0.152. The number of thiazole rings is 1. The number of para-hydroxylation sites is 1. The van der Waals surface area contributed by atoms with Crippen molar-refractivity contribution in [2.75, 3.05) is 5.32 Å². The number of hydrogen-bond donors (Lipinski definition) is 1. The van der Waals surface area contributed by atoms with Crippen molar-refractivity contribution in [3.63, 3.8) is 0 Å². The molecule has 0 unspecified atom stereocenters. The maximum Gasteiger partial charge on any atom is 0.307 e. The van der Waals surface area contributed by atoms with Crippen LogP contribution in [0.4, 0.5) is 5.69 Å². The summed E-state index contributed by atoms with van der Waals surface area (Å²) in [5, 5.41) is 4.65. The Morgan fingerprint density at radius 2 is 2.05 bits per heavy atom. The summed E-state index contributed by atoms with van der Waals surface area (Å²) in [7, 11) is 0. The third-order valence-electron chi connectivity index (χ3n) is 3.14. The van der Waals surface area contributed by atoms with Gasteiger partial charge in [-0.2, -0.15) is 0 Å². The van der Waals surface area contributed by atoms with Crippen molar-refractivity contribution in [3.05, 3.63) is 50.6 Å².